The van der Waals surface area contributed by atoms with Crippen LogP contribution in [0.1, 0.15) is 37.8 Å². The molecule has 0 bridgehead atoms. The van der Waals surface area contributed by atoms with Gasteiger partial charge in [0, 0.05) is 17.8 Å². The van der Waals surface area contributed by atoms with Crippen LogP contribution in [0.3, 0.4) is 0 Å². The maximum atomic E-state index is 12.5. The maximum absolute atomic E-state index is 12.5. The Hall–Kier alpha value is -2.82. The smallest absolute Gasteiger partial charge is 0.265 e. The number of benzene rings is 2. The van der Waals surface area contributed by atoms with Crippen molar-refractivity contribution in [3.8, 4) is 5.75 Å². The highest BCUT2D eigenvalue weighted by Gasteiger charge is 2.17. The molecule has 0 saturated heterocycles. The minimum absolute atomic E-state index is 0.0392. The van der Waals surface area contributed by atoms with Crippen LogP contribution in [0.5, 0.6) is 5.75 Å². The van der Waals surface area contributed by atoms with Gasteiger partial charge in [-0.2, -0.15) is 0 Å². The zero-order valence-corrected chi connectivity index (χ0v) is 15.8. The molecule has 0 heterocycles. The Morgan fingerprint density at radius 1 is 1.00 bits per heavy atom. The highest BCUT2D eigenvalue weighted by atomic mass is 16.5. The zero-order chi connectivity index (χ0) is 19.1. The zero-order valence-electron chi connectivity index (χ0n) is 15.8. The quantitative estimate of drug-likeness (QED) is 0.772. The summed E-state index contributed by atoms with van der Waals surface area (Å²) in [5, 5.41) is 5.65. The Balaban J connectivity index is 2.01. The van der Waals surface area contributed by atoms with Crippen LogP contribution in [0, 0.1) is 13.8 Å². The number of nitrogens with one attached hydrogen (secondary N) is 2. The van der Waals surface area contributed by atoms with Gasteiger partial charge in [-0.05, 0) is 56.5 Å². The first-order valence-electron chi connectivity index (χ1n) is 8.84. The van der Waals surface area contributed by atoms with Crippen LogP contribution in [0.2, 0.25) is 0 Å². The molecule has 2 N–H and O–H groups in total. The highest BCUT2D eigenvalue weighted by Crippen LogP contribution is 2.24. The third-order valence-electron chi connectivity index (χ3n) is 3.96. The Bertz CT molecular complexity index is 766. The van der Waals surface area contributed by atoms with Crippen molar-refractivity contribution in [2.75, 3.05) is 10.6 Å². The van der Waals surface area contributed by atoms with Crippen molar-refractivity contribution in [2.45, 2.75) is 46.6 Å². The average molecular weight is 354 g/mol. The molecular formula is C21H26N2O3. The number of ether oxygens (including phenoxy) is 1. The number of hydrogen-bond donors (Lipinski definition) is 2. The Labute approximate surface area is 154 Å². The third kappa shape index (κ3) is 5.34. The first-order chi connectivity index (χ1) is 12.4. The van der Waals surface area contributed by atoms with Crippen molar-refractivity contribution in [3.05, 3.63) is 53.6 Å². The molecule has 138 valence electrons. The number of hydrogen-bond acceptors (Lipinski definition) is 3. The first kappa shape index (κ1) is 19.5. The predicted octanol–water partition coefficient (Wildman–Crippen LogP) is 4.45. The van der Waals surface area contributed by atoms with Crippen LogP contribution in [0.25, 0.3) is 0 Å². The predicted molar refractivity (Wildman–Crippen MR) is 105 cm³/mol. The van der Waals surface area contributed by atoms with E-state index in [0.717, 1.165) is 23.3 Å². The fourth-order valence-electron chi connectivity index (χ4n) is 2.58. The molecule has 5 nitrogen and oxygen atoms in total. The number of carbonyl (C=O) groups is 2. The second kappa shape index (κ2) is 9.04. The molecule has 0 spiro atoms. The van der Waals surface area contributed by atoms with E-state index in [1.807, 2.05) is 39.0 Å². The van der Waals surface area contributed by atoms with E-state index < -0.39 is 6.10 Å². The molecule has 0 aliphatic rings. The van der Waals surface area contributed by atoms with Gasteiger partial charge in [-0.15, -0.1) is 0 Å². The van der Waals surface area contributed by atoms with Crippen LogP contribution >= 0.6 is 0 Å². The molecule has 2 amide bonds. The van der Waals surface area contributed by atoms with Gasteiger partial charge in [-0.3, -0.25) is 9.59 Å². The minimum Gasteiger partial charge on any atom is -0.480 e. The maximum Gasteiger partial charge on any atom is 0.265 e. The second-order valence-corrected chi connectivity index (χ2v) is 6.35. The number of carbonyl (C=O) groups excluding carboxylic acids is 2. The van der Waals surface area contributed by atoms with Crippen LogP contribution in [0.15, 0.2) is 42.5 Å². The number of aryl methyl sites for hydroxylation is 2. The van der Waals surface area contributed by atoms with E-state index in [4.69, 9.17) is 4.74 Å². The highest BCUT2D eigenvalue weighted by molar-refractivity contribution is 5.96. The van der Waals surface area contributed by atoms with E-state index >= 15 is 0 Å². The van der Waals surface area contributed by atoms with Gasteiger partial charge < -0.3 is 15.4 Å². The fraction of sp³-hybridized carbons (Fsp3) is 0.333. The van der Waals surface area contributed by atoms with Crippen molar-refractivity contribution in [1.82, 2.24) is 0 Å². The molecule has 2 aromatic carbocycles. The van der Waals surface area contributed by atoms with Gasteiger partial charge in [0.15, 0.2) is 6.10 Å². The summed E-state index contributed by atoms with van der Waals surface area (Å²) >= 11 is 0. The monoisotopic (exact) mass is 354 g/mol. The molecule has 0 aliphatic carbocycles. The number of para-hydroxylation sites is 1. The molecule has 0 saturated carbocycles. The summed E-state index contributed by atoms with van der Waals surface area (Å²) in [6.07, 6.45) is 0.611. The third-order valence-corrected chi connectivity index (χ3v) is 3.96. The number of anilines is 2. The molecule has 1 atom stereocenters. The van der Waals surface area contributed by atoms with Gasteiger partial charge in [0.25, 0.3) is 5.91 Å². The van der Waals surface area contributed by atoms with E-state index in [1.54, 1.807) is 31.2 Å². The number of amides is 2. The largest absolute Gasteiger partial charge is 0.480 e. The molecule has 0 aliphatic heterocycles. The van der Waals surface area contributed by atoms with Crippen molar-refractivity contribution >= 4 is 23.2 Å². The van der Waals surface area contributed by atoms with Gasteiger partial charge in [-0.1, -0.05) is 31.2 Å². The first-order valence-corrected chi connectivity index (χ1v) is 8.84. The standard InChI is InChI=1S/C21H26N2O3/c1-5-8-19(24)22-17-11-7-12-18(13-17)23-21(25)16(4)26-20-14(2)9-6-10-15(20)3/h6-7,9-13,16H,5,8H2,1-4H3,(H,22,24)(H,23,25). The van der Waals surface area contributed by atoms with E-state index in [2.05, 4.69) is 10.6 Å². The van der Waals surface area contributed by atoms with Crippen molar-refractivity contribution in [1.29, 1.82) is 0 Å². The molecule has 1 unspecified atom stereocenters. The molecule has 5 heteroatoms. The Morgan fingerprint density at radius 2 is 1.58 bits per heavy atom. The minimum atomic E-state index is -0.645. The summed E-state index contributed by atoms with van der Waals surface area (Å²) < 4.78 is 5.85. The van der Waals surface area contributed by atoms with Gasteiger partial charge in [0.2, 0.25) is 5.91 Å². The normalized spacial score (nSPS) is 11.5. The van der Waals surface area contributed by atoms with Crippen molar-refractivity contribution in [2.24, 2.45) is 0 Å². The summed E-state index contributed by atoms with van der Waals surface area (Å²) in [6.45, 7) is 7.58. The van der Waals surface area contributed by atoms with E-state index in [0.29, 0.717) is 17.8 Å². The lowest BCUT2D eigenvalue weighted by molar-refractivity contribution is -0.122. The van der Waals surface area contributed by atoms with Crippen molar-refractivity contribution in [3.63, 3.8) is 0 Å². The van der Waals surface area contributed by atoms with Crippen LogP contribution < -0.4 is 15.4 Å². The van der Waals surface area contributed by atoms with Crippen LogP contribution in [-0.4, -0.2) is 17.9 Å². The van der Waals surface area contributed by atoms with Gasteiger partial charge in [0.05, 0.1) is 0 Å². The van der Waals surface area contributed by atoms with Crippen LogP contribution in [0.4, 0.5) is 11.4 Å². The van der Waals surface area contributed by atoms with E-state index in [9.17, 15) is 9.59 Å². The summed E-state index contributed by atoms with van der Waals surface area (Å²) in [4.78, 5) is 24.2. The summed E-state index contributed by atoms with van der Waals surface area (Å²) in [5.41, 5.74) is 3.25. The van der Waals surface area contributed by atoms with Gasteiger partial charge >= 0.3 is 0 Å². The second-order valence-electron chi connectivity index (χ2n) is 6.35. The lowest BCUT2D eigenvalue weighted by atomic mass is 10.1. The average Bonchev–Trinajstić information content (AvgIpc) is 2.58. The number of rotatable bonds is 7. The molecule has 2 aromatic rings. The van der Waals surface area contributed by atoms with Crippen LogP contribution in [-0.2, 0) is 9.59 Å². The SMILES string of the molecule is CCCC(=O)Nc1cccc(NC(=O)C(C)Oc2c(C)cccc2C)c1. The molecule has 26 heavy (non-hydrogen) atoms. The molecule has 0 radical (unpaired) electrons. The summed E-state index contributed by atoms with van der Waals surface area (Å²) in [7, 11) is 0. The van der Waals surface area contributed by atoms with Gasteiger partial charge in [0.1, 0.15) is 5.75 Å². The van der Waals surface area contributed by atoms with E-state index in [-0.39, 0.29) is 11.8 Å². The summed E-state index contributed by atoms with van der Waals surface area (Å²) in [5.74, 6) is 0.447. The fourth-order valence-corrected chi connectivity index (χ4v) is 2.58. The Morgan fingerprint density at radius 3 is 2.19 bits per heavy atom. The lowest BCUT2D eigenvalue weighted by Crippen LogP contribution is -2.30. The van der Waals surface area contributed by atoms with Crippen molar-refractivity contribution < 1.29 is 14.3 Å². The van der Waals surface area contributed by atoms with E-state index in [1.165, 1.54) is 0 Å². The topological polar surface area (TPSA) is 67.4 Å². The molecular weight excluding hydrogens is 328 g/mol. The lowest BCUT2D eigenvalue weighted by Gasteiger charge is -2.18. The Kier molecular flexibility index (Phi) is 6.78. The molecule has 2 rings (SSSR count). The van der Waals surface area contributed by atoms with Gasteiger partial charge in [-0.25, -0.2) is 0 Å². The summed E-state index contributed by atoms with van der Waals surface area (Å²) in [6, 6.07) is 13.0. The molecule has 0 aromatic heterocycles. The molecule has 0 fully saturated rings.